The first-order valence-corrected chi connectivity index (χ1v) is 6.56. The molecule has 0 aliphatic carbocycles. The standard InChI is InChI=1S/C9H8BrNO3S/c1-5-9(12)15(13,14)8-6(10)3-2-4-7(8)11-5/h2-5,11H,1H3. The van der Waals surface area contributed by atoms with E-state index in [9.17, 15) is 13.2 Å². The molecule has 0 saturated heterocycles. The number of rotatable bonds is 0. The SMILES string of the molecule is CC1Nc2cccc(Br)c2S(=O)(=O)C1=O. The van der Waals surface area contributed by atoms with Gasteiger partial charge in [0, 0.05) is 4.47 Å². The maximum atomic E-state index is 11.8. The maximum absolute atomic E-state index is 11.8. The van der Waals surface area contributed by atoms with Crippen molar-refractivity contribution in [3.8, 4) is 0 Å². The summed E-state index contributed by atoms with van der Waals surface area (Å²) < 4.78 is 24.0. The summed E-state index contributed by atoms with van der Waals surface area (Å²) in [4.78, 5) is 11.5. The lowest BCUT2D eigenvalue weighted by Gasteiger charge is -2.23. The van der Waals surface area contributed by atoms with Crippen LogP contribution in [0, 0.1) is 0 Å². The van der Waals surface area contributed by atoms with Crippen molar-refractivity contribution in [2.45, 2.75) is 17.9 Å². The van der Waals surface area contributed by atoms with Crippen molar-refractivity contribution >= 4 is 36.6 Å². The fraction of sp³-hybridized carbons (Fsp3) is 0.222. The van der Waals surface area contributed by atoms with Crippen LogP contribution in [0.25, 0.3) is 0 Å². The van der Waals surface area contributed by atoms with Crippen LogP contribution in [0.2, 0.25) is 0 Å². The van der Waals surface area contributed by atoms with Crippen molar-refractivity contribution < 1.29 is 13.2 Å². The Hall–Kier alpha value is -0.880. The molecule has 1 aromatic carbocycles. The third-order valence-corrected chi connectivity index (χ3v) is 5.01. The number of carbonyl (C=O) groups excluding carboxylic acids is 1. The summed E-state index contributed by atoms with van der Waals surface area (Å²) in [6.45, 7) is 1.53. The molecule has 4 nitrogen and oxygen atoms in total. The molecule has 1 unspecified atom stereocenters. The number of sulfone groups is 1. The second-order valence-electron chi connectivity index (χ2n) is 3.31. The smallest absolute Gasteiger partial charge is 0.273 e. The lowest BCUT2D eigenvalue weighted by Crippen LogP contribution is -2.37. The molecule has 0 aromatic heterocycles. The number of anilines is 1. The molecule has 0 saturated carbocycles. The van der Waals surface area contributed by atoms with Crippen molar-refractivity contribution in [3.05, 3.63) is 22.7 Å². The molecule has 1 N–H and O–H groups in total. The molecule has 2 rings (SSSR count). The van der Waals surface area contributed by atoms with Gasteiger partial charge in [-0.25, -0.2) is 8.42 Å². The van der Waals surface area contributed by atoms with Crippen molar-refractivity contribution in [1.29, 1.82) is 0 Å². The van der Waals surface area contributed by atoms with E-state index in [1.165, 1.54) is 6.92 Å². The van der Waals surface area contributed by atoms with E-state index in [0.29, 0.717) is 10.2 Å². The molecule has 1 aromatic rings. The predicted molar refractivity (Wildman–Crippen MR) is 59.4 cm³/mol. The number of benzene rings is 1. The van der Waals surface area contributed by atoms with E-state index in [4.69, 9.17) is 0 Å². The number of halogens is 1. The molecule has 6 heteroatoms. The molecule has 0 spiro atoms. The van der Waals surface area contributed by atoms with Crippen molar-refractivity contribution in [2.24, 2.45) is 0 Å². The van der Waals surface area contributed by atoms with Crippen LogP contribution in [-0.2, 0) is 14.6 Å². The number of carbonyl (C=O) groups is 1. The van der Waals surface area contributed by atoms with Crippen LogP contribution in [0.4, 0.5) is 5.69 Å². The Kier molecular flexibility index (Phi) is 2.35. The lowest BCUT2D eigenvalue weighted by atomic mass is 10.2. The minimum Gasteiger partial charge on any atom is -0.373 e. The van der Waals surface area contributed by atoms with Gasteiger partial charge in [0.05, 0.1) is 11.7 Å². The zero-order valence-electron chi connectivity index (χ0n) is 7.82. The van der Waals surface area contributed by atoms with Gasteiger partial charge >= 0.3 is 0 Å². The fourth-order valence-electron chi connectivity index (χ4n) is 1.52. The number of fused-ring (bicyclic) bond motifs is 1. The van der Waals surface area contributed by atoms with Crippen molar-refractivity contribution in [2.75, 3.05) is 5.32 Å². The molecule has 0 amide bonds. The second kappa shape index (κ2) is 3.31. The van der Waals surface area contributed by atoms with Crippen LogP contribution < -0.4 is 5.32 Å². The van der Waals surface area contributed by atoms with Crippen LogP contribution in [0.1, 0.15) is 6.92 Å². The Morgan fingerprint density at radius 2 is 2.07 bits per heavy atom. The van der Waals surface area contributed by atoms with E-state index < -0.39 is 21.0 Å². The van der Waals surface area contributed by atoms with Crippen LogP contribution in [-0.4, -0.2) is 19.6 Å². The highest BCUT2D eigenvalue weighted by Crippen LogP contribution is 2.34. The van der Waals surface area contributed by atoms with Crippen LogP contribution >= 0.6 is 15.9 Å². The highest BCUT2D eigenvalue weighted by atomic mass is 79.9. The van der Waals surface area contributed by atoms with E-state index in [-0.39, 0.29) is 4.90 Å². The zero-order chi connectivity index (χ0) is 11.2. The quantitative estimate of drug-likeness (QED) is 0.787. The molecule has 80 valence electrons. The molecule has 1 heterocycles. The largest absolute Gasteiger partial charge is 0.373 e. The van der Waals surface area contributed by atoms with Gasteiger partial charge in [0.15, 0.2) is 0 Å². The first kappa shape index (κ1) is 10.6. The van der Waals surface area contributed by atoms with E-state index in [0.717, 1.165) is 0 Å². The summed E-state index contributed by atoms with van der Waals surface area (Å²) in [6, 6.07) is 4.26. The Labute approximate surface area is 95.7 Å². The summed E-state index contributed by atoms with van der Waals surface area (Å²) >= 11 is 3.13. The van der Waals surface area contributed by atoms with Crippen molar-refractivity contribution in [1.82, 2.24) is 0 Å². The fourth-order valence-corrected chi connectivity index (χ4v) is 3.99. The van der Waals surface area contributed by atoms with Gasteiger partial charge in [0.2, 0.25) is 9.84 Å². The minimum absolute atomic E-state index is 0.0353. The van der Waals surface area contributed by atoms with Gasteiger partial charge in [0.25, 0.3) is 5.12 Å². The molecule has 1 atom stereocenters. The maximum Gasteiger partial charge on any atom is 0.273 e. The number of hydrogen-bond acceptors (Lipinski definition) is 4. The first-order valence-electron chi connectivity index (χ1n) is 4.28. The monoisotopic (exact) mass is 289 g/mol. The molecule has 0 fully saturated rings. The zero-order valence-corrected chi connectivity index (χ0v) is 10.2. The molecule has 15 heavy (non-hydrogen) atoms. The summed E-state index contributed by atoms with van der Waals surface area (Å²) in [5, 5.41) is 2.06. The Morgan fingerprint density at radius 3 is 2.73 bits per heavy atom. The van der Waals surface area contributed by atoms with E-state index in [1.54, 1.807) is 18.2 Å². The Morgan fingerprint density at radius 1 is 1.40 bits per heavy atom. The topological polar surface area (TPSA) is 63.2 Å². The van der Waals surface area contributed by atoms with Gasteiger partial charge in [-0.15, -0.1) is 0 Å². The van der Waals surface area contributed by atoms with E-state index in [2.05, 4.69) is 21.2 Å². The summed E-state index contributed by atoms with van der Waals surface area (Å²) in [5.74, 6) is 0. The molecule has 0 bridgehead atoms. The summed E-state index contributed by atoms with van der Waals surface area (Å²) in [5.41, 5.74) is 0.469. The molecular formula is C9H8BrNO3S. The number of hydrogen-bond donors (Lipinski definition) is 1. The van der Waals surface area contributed by atoms with Gasteiger partial charge in [-0.3, -0.25) is 4.79 Å². The third-order valence-electron chi connectivity index (χ3n) is 2.23. The highest BCUT2D eigenvalue weighted by molar-refractivity contribution is 9.10. The minimum atomic E-state index is -3.85. The van der Waals surface area contributed by atoms with Gasteiger partial charge in [-0.2, -0.15) is 0 Å². The Bertz CT molecular complexity index is 538. The van der Waals surface area contributed by atoms with Crippen LogP contribution in [0.3, 0.4) is 0 Å². The predicted octanol–water partition coefficient (Wildman–Crippen LogP) is 1.56. The van der Waals surface area contributed by atoms with Gasteiger partial charge < -0.3 is 5.32 Å². The third kappa shape index (κ3) is 1.48. The van der Waals surface area contributed by atoms with Gasteiger partial charge in [0.1, 0.15) is 4.90 Å². The first-order chi connectivity index (χ1) is 6.94. The summed E-state index contributed by atoms with van der Waals surface area (Å²) in [6.07, 6.45) is 0. The lowest BCUT2D eigenvalue weighted by molar-refractivity contribution is -0.112. The summed E-state index contributed by atoms with van der Waals surface area (Å²) in [7, 11) is -3.85. The molecule has 1 aliphatic heterocycles. The average Bonchev–Trinajstić information content (AvgIpc) is 2.14. The Balaban J connectivity index is 2.80. The second-order valence-corrected chi connectivity index (χ2v) is 5.98. The van der Waals surface area contributed by atoms with Gasteiger partial charge in [-0.1, -0.05) is 6.07 Å². The van der Waals surface area contributed by atoms with Crippen LogP contribution in [0.5, 0.6) is 0 Å². The number of nitrogens with one attached hydrogen (secondary N) is 1. The van der Waals surface area contributed by atoms with Crippen molar-refractivity contribution in [3.63, 3.8) is 0 Å². The average molecular weight is 290 g/mol. The highest BCUT2D eigenvalue weighted by Gasteiger charge is 2.38. The molecular weight excluding hydrogens is 282 g/mol. The molecule has 0 radical (unpaired) electrons. The van der Waals surface area contributed by atoms with Crippen LogP contribution in [0.15, 0.2) is 27.6 Å². The van der Waals surface area contributed by atoms with E-state index >= 15 is 0 Å². The van der Waals surface area contributed by atoms with E-state index in [1.807, 2.05) is 0 Å². The molecule has 1 aliphatic rings. The normalized spacial score (nSPS) is 23.1. The van der Waals surface area contributed by atoms with Gasteiger partial charge in [-0.05, 0) is 35.0 Å².